The van der Waals surface area contributed by atoms with Crippen LogP contribution in [0.2, 0.25) is 20.1 Å². The quantitative estimate of drug-likeness (QED) is 0.339. The third-order valence-corrected chi connectivity index (χ3v) is 6.36. The minimum Gasteiger partial charge on any atom is -0.411 e. The molecule has 0 spiro atoms. The molecule has 3 N–H and O–H groups in total. The highest BCUT2D eigenvalue weighted by Gasteiger charge is 2.33. The third kappa shape index (κ3) is 4.65. The van der Waals surface area contributed by atoms with Crippen LogP contribution in [-0.4, -0.2) is 16.1 Å². The monoisotopic (exact) mass is 458 g/mol. The highest BCUT2D eigenvalue weighted by molar-refractivity contribution is 6.42. The lowest BCUT2D eigenvalue weighted by Crippen LogP contribution is -2.34. The number of nitrogens with zero attached hydrogens (tertiary/aromatic N) is 1. The minimum atomic E-state index is -0.502. The van der Waals surface area contributed by atoms with Gasteiger partial charge < -0.3 is 10.4 Å². The molecule has 3 rings (SSSR count). The van der Waals surface area contributed by atoms with Crippen LogP contribution in [0, 0.1) is 5.92 Å². The molecule has 0 unspecified atom stereocenters. The molecule has 2 atom stereocenters. The van der Waals surface area contributed by atoms with Crippen molar-refractivity contribution >= 4 is 58.2 Å². The number of halogens is 4. The number of benzene rings is 2. The number of hydroxylamine groups is 1. The van der Waals surface area contributed by atoms with Crippen LogP contribution in [0.25, 0.3) is 6.08 Å². The summed E-state index contributed by atoms with van der Waals surface area (Å²) in [5, 5.41) is 24.9. The summed E-state index contributed by atoms with van der Waals surface area (Å²) in [5.41, 5.74) is 5.33. The van der Waals surface area contributed by atoms with Gasteiger partial charge in [-0.05, 0) is 66.3 Å². The fourth-order valence-electron chi connectivity index (χ4n) is 3.53. The summed E-state index contributed by atoms with van der Waals surface area (Å²) in [7, 11) is 0. The van der Waals surface area contributed by atoms with Crippen molar-refractivity contribution in [1.82, 2.24) is 5.48 Å². The maximum Gasteiger partial charge on any atom is 0.0878 e. The van der Waals surface area contributed by atoms with Crippen LogP contribution in [0.1, 0.15) is 36.4 Å². The van der Waals surface area contributed by atoms with Gasteiger partial charge in [-0.1, -0.05) is 63.7 Å². The molecule has 8 heteroatoms. The second-order valence-electron chi connectivity index (χ2n) is 6.61. The van der Waals surface area contributed by atoms with Gasteiger partial charge in [-0.25, -0.2) is 0 Å². The summed E-state index contributed by atoms with van der Waals surface area (Å²) in [6.45, 7) is 0. The van der Waals surface area contributed by atoms with Gasteiger partial charge in [0.25, 0.3) is 0 Å². The van der Waals surface area contributed by atoms with Crippen LogP contribution in [0.5, 0.6) is 0 Å². The minimum absolute atomic E-state index is 0.255. The first-order valence-corrected chi connectivity index (χ1v) is 10.2. The Labute approximate surface area is 183 Å². The smallest absolute Gasteiger partial charge is 0.0878 e. The summed E-state index contributed by atoms with van der Waals surface area (Å²) >= 11 is 24.2. The zero-order chi connectivity index (χ0) is 20.3. The van der Waals surface area contributed by atoms with E-state index in [4.69, 9.17) is 46.4 Å². The Morgan fingerprint density at radius 2 is 1.68 bits per heavy atom. The first kappa shape index (κ1) is 21.4. The molecule has 0 aliphatic heterocycles. The van der Waals surface area contributed by atoms with E-state index in [9.17, 15) is 10.4 Å². The molecule has 148 valence electrons. The predicted molar refractivity (Wildman–Crippen MR) is 115 cm³/mol. The van der Waals surface area contributed by atoms with E-state index >= 15 is 0 Å². The van der Waals surface area contributed by atoms with Gasteiger partial charge in [-0.15, -0.1) is 0 Å². The largest absolute Gasteiger partial charge is 0.411 e. The van der Waals surface area contributed by atoms with E-state index in [1.807, 2.05) is 12.1 Å². The van der Waals surface area contributed by atoms with E-state index in [1.165, 1.54) is 0 Å². The van der Waals surface area contributed by atoms with Crippen LogP contribution in [0.3, 0.4) is 0 Å². The Balaban J connectivity index is 1.95. The van der Waals surface area contributed by atoms with Crippen molar-refractivity contribution in [3.8, 4) is 0 Å². The van der Waals surface area contributed by atoms with Gasteiger partial charge in [0.15, 0.2) is 0 Å². The predicted octanol–water partition coefficient (Wildman–Crippen LogP) is 7.03. The van der Waals surface area contributed by atoms with Gasteiger partial charge >= 0.3 is 0 Å². The van der Waals surface area contributed by atoms with Crippen LogP contribution in [-0.2, 0) is 0 Å². The van der Waals surface area contributed by atoms with E-state index in [-0.39, 0.29) is 5.92 Å². The molecule has 1 aliphatic rings. The van der Waals surface area contributed by atoms with Crippen molar-refractivity contribution in [1.29, 1.82) is 0 Å². The van der Waals surface area contributed by atoms with Crippen LogP contribution >= 0.6 is 46.4 Å². The Kier molecular flexibility index (Phi) is 7.26. The molecule has 0 heterocycles. The lowest BCUT2D eigenvalue weighted by molar-refractivity contribution is 0.106. The first-order chi connectivity index (χ1) is 13.4. The zero-order valence-corrected chi connectivity index (χ0v) is 17.7. The van der Waals surface area contributed by atoms with Crippen molar-refractivity contribution in [2.24, 2.45) is 11.1 Å². The lowest BCUT2D eigenvalue weighted by Gasteiger charge is -2.32. The standard InChI is InChI=1S/C20H18Cl4N2O2/c21-15-6-4-11(9-17(15)23)8-12-2-1-3-14(19(12)25-27)20(26-28)13-5-7-16(22)18(24)10-13/h4-10,14,20,26-28H,1-3H2/b12-8+,25-19?/t14-,20+/m0/s1. The van der Waals surface area contributed by atoms with Gasteiger partial charge in [-0.3, -0.25) is 0 Å². The Bertz CT molecular complexity index is 930. The highest BCUT2D eigenvalue weighted by Crippen LogP contribution is 2.38. The molecule has 0 amide bonds. The molecule has 0 bridgehead atoms. The van der Waals surface area contributed by atoms with E-state index in [1.54, 1.807) is 30.3 Å². The molecule has 2 aromatic rings. The van der Waals surface area contributed by atoms with Gasteiger partial charge in [0.05, 0.1) is 31.8 Å². The average Bonchev–Trinajstić information content (AvgIpc) is 2.68. The molecule has 1 saturated carbocycles. The number of hydrogen-bond acceptors (Lipinski definition) is 4. The molecule has 28 heavy (non-hydrogen) atoms. The van der Waals surface area contributed by atoms with E-state index in [0.29, 0.717) is 25.8 Å². The Hall–Kier alpha value is -1.27. The lowest BCUT2D eigenvalue weighted by atomic mass is 9.77. The summed E-state index contributed by atoms with van der Waals surface area (Å²) in [6.07, 6.45) is 4.27. The first-order valence-electron chi connectivity index (χ1n) is 8.67. The maximum absolute atomic E-state index is 9.83. The van der Waals surface area contributed by atoms with Crippen molar-refractivity contribution in [3.05, 3.63) is 73.2 Å². The molecular weight excluding hydrogens is 442 g/mol. The van der Waals surface area contributed by atoms with E-state index in [0.717, 1.165) is 36.0 Å². The number of rotatable bonds is 4. The molecule has 0 radical (unpaired) electrons. The molecule has 4 nitrogen and oxygen atoms in total. The highest BCUT2D eigenvalue weighted by atomic mass is 35.5. The summed E-state index contributed by atoms with van der Waals surface area (Å²) in [4.78, 5) is 0. The fraction of sp³-hybridized carbons (Fsp3) is 0.250. The number of allylic oxidation sites excluding steroid dienone is 1. The number of oxime groups is 1. The van der Waals surface area contributed by atoms with Gasteiger partial charge in [-0.2, -0.15) is 5.48 Å². The molecule has 0 saturated heterocycles. The van der Waals surface area contributed by atoms with E-state index in [2.05, 4.69) is 10.6 Å². The SMILES string of the molecule is ON=C1/C(=C/c2ccc(Cl)c(Cl)c2)CCC[C@@H]1[C@H](NO)c1ccc(Cl)c(Cl)c1. The molecule has 1 aliphatic carbocycles. The van der Waals surface area contributed by atoms with Gasteiger partial charge in [0.1, 0.15) is 0 Å². The van der Waals surface area contributed by atoms with Crippen LogP contribution in [0.4, 0.5) is 0 Å². The molecule has 1 fully saturated rings. The second kappa shape index (κ2) is 9.49. The summed E-state index contributed by atoms with van der Waals surface area (Å²) in [6, 6.07) is 9.99. The van der Waals surface area contributed by atoms with Gasteiger partial charge in [0.2, 0.25) is 0 Å². The summed E-state index contributed by atoms with van der Waals surface area (Å²) < 4.78 is 0. The second-order valence-corrected chi connectivity index (χ2v) is 8.24. The Morgan fingerprint density at radius 3 is 2.29 bits per heavy atom. The van der Waals surface area contributed by atoms with Crippen molar-refractivity contribution in [3.63, 3.8) is 0 Å². The zero-order valence-electron chi connectivity index (χ0n) is 14.7. The topological polar surface area (TPSA) is 64.9 Å². The average molecular weight is 460 g/mol. The number of hydrogen-bond donors (Lipinski definition) is 3. The van der Waals surface area contributed by atoms with E-state index < -0.39 is 6.04 Å². The summed E-state index contributed by atoms with van der Waals surface area (Å²) in [5.74, 6) is -0.255. The van der Waals surface area contributed by atoms with Crippen molar-refractivity contribution in [2.45, 2.75) is 25.3 Å². The van der Waals surface area contributed by atoms with Crippen LogP contribution in [0.15, 0.2) is 47.1 Å². The molecule has 0 aromatic heterocycles. The number of nitrogens with one attached hydrogen (secondary N) is 1. The van der Waals surface area contributed by atoms with Crippen molar-refractivity contribution in [2.75, 3.05) is 0 Å². The maximum atomic E-state index is 9.83. The van der Waals surface area contributed by atoms with Crippen molar-refractivity contribution < 1.29 is 10.4 Å². The van der Waals surface area contributed by atoms with Crippen LogP contribution < -0.4 is 5.48 Å². The normalized spacial score (nSPS) is 21.2. The fourth-order valence-corrected chi connectivity index (χ4v) is 4.14. The van der Waals surface area contributed by atoms with Gasteiger partial charge in [0, 0.05) is 5.92 Å². The Morgan fingerprint density at radius 1 is 1.00 bits per heavy atom. The third-order valence-electron chi connectivity index (χ3n) is 4.88. The molecule has 2 aromatic carbocycles. The molecular formula is C20H18Cl4N2O2.